The summed E-state index contributed by atoms with van der Waals surface area (Å²) in [6.45, 7) is 3.21. The number of esters is 3. The van der Waals surface area contributed by atoms with Crippen LogP contribution in [0.5, 0.6) is 5.75 Å². The summed E-state index contributed by atoms with van der Waals surface area (Å²) in [6, 6.07) is 4.52. The number of benzene rings is 1. The lowest BCUT2D eigenvalue weighted by Crippen LogP contribution is -2.67. The lowest BCUT2D eigenvalue weighted by molar-refractivity contribution is -0.257. The van der Waals surface area contributed by atoms with Gasteiger partial charge in [0.2, 0.25) is 6.29 Å². The van der Waals surface area contributed by atoms with Gasteiger partial charge in [-0.15, -0.1) is 0 Å². The molecule has 37 heavy (non-hydrogen) atoms. The summed E-state index contributed by atoms with van der Waals surface area (Å²) in [5.74, 6) is -3.23. The van der Waals surface area contributed by atoms with Crippen molar-refractivity contribution >= 4 is 34.8 Å². The van der Waals surface area contributed by atoms with Crippen molar-refractivity contribution < 1.29 is 51.7 Å². The van der Waals surface area contributed by atoms with Crippen molar-refractivity contribution in [3.8, 4) is 5.75 Å². The molecule has 0 radical (unpaired) electrons. The molecule has 1 amide bonds. The minimum absolute atomic E-state index is 0.115. The van der Waals surface area contributed by atoms with Gasteiger partial charge in [0, 0.05) is 38.3 Å². The highest BCUT2D eigenvalue weighted by Gasteiger charge is 2.52. The smallest absolute Gasteiger partial charge is 0.336 e. The summed E-state index contributed by atoms with van der Waals surface area (Å²) >= 11 is 0. The molecular weight excluding hydrogens is 497 g/mol. The first-order chi connectivity index (χ1) is 17.5. The molecule has 0 unspecified atom stereocenters. The quantitative estimate of drug-likeness (QED) is 0.300. The first kappa shape index (κ1) is 27.6. The molecule has 0 saturated carbocycles. The molecule has 1 aliphatic heterocycles. The van der Waals surface area contributed by atoms with Gasteiger partial charge in [0.05, 0.1) is 0 Å². The van der Waals surface area contributed by atoms with Gasteiger partial charge in [-0.3, -0.25) is 19.2 Å². The second-order valence-electron chi connectivity index (χ2n) is 8.24. The summed E-state index contributed by atoms with van der Waals surface area (Å²) < 4.78 is 45.8. The Balaban J connectivity index is 2.04. The van der Waals surface area contributed by atoms with E-state index >= 15 is 0 Å². The molecule has 5 atom stereocenters. The lowest BCUT2D eigenvalue weighted by Gasteiger charge is -2.44. The van der Waals surface area contributed by atoms with Crippen LogP contribution in [0, 0.1) is 6.92 Å². The Hall–Kier alpha value is -4.00. The molecule has 0 aliphatic carbocycles. The normalized spacial score (nSPS) is 23.1. The van der Waals surface area contributed by atoms with Crippen LogP contribution in [0.4, 0.5) is 4.39 Å². The van der Waals surface area contributed by atoms with Crippen molar-refractivity contribution in [1.29, 1.82) is 0 Å². The molecule has 1 aromatic heterocycles. The van der Waals surface area contributed by atoms with E-state index in [4.69, 9.17) is 28.1 Å². The van der Waals surface area contributed by atoms with Gasteiger partial charge in [-0.05, 0) is 24.6 Å². The highest BCUT2D eigenvalue weighted by atomic mass is 19.1. The molecule has 3 rings (SSSR count). The number of amides is 1. The van der Waals surface area contributed by atoms with E-state index in [1.54, 1.807) is 13.0 Å². The van der Waals surface area contributed by atoms with Gasteiger partial charge in [0.25, 0.3) is 5.91 Å². The van der Waals surface area contributed by atoms with E-state index in [1.807, 2.05) is 0 Å². The number of rotatable bonds is 8. The number of hydrogen-bond acceptors (Lipinski definition) is 11. The van der Waals surface area contributed by atoms with Crippen LogP contribution >= 0.6 is 0 Å². The third-order valence-electron chi connectivity index (χ3n) is 5.33. The molecule has 2 aromatic rings. The van der Waals surface area contributed by atoms with Gasteiger partial charge in [-0.25, -0.2) is 9.18 Å². The van der Waals surface area contributed by atoms with Crippen LogP contribution in [0.2, 0.25) is 0 Å². The Morgan fingerprint density at radius 2 is 1.68 bits per heavy atom. The van der Waals surface area contributed by atoms with Crippen molar-refractivity contribution in [3.05, 3.63) is 40.2 Å². The largest absolute Gasteiger partial charge is 0.463 e. The zero-order chi connectivity index (χ0) is 27.3. The van der Waals surface area contributed by atoms with E-state index in [0.29, 0.717) is 10.9 Å². The lowest BCUT2D eigenvalue weighted by atomic mass is 9.96. The Morgan fingerprint density at radius 1 is 1.00 bits per heavy atom. The minimum atomic E-state index is -1.46. The standard InChI is InChI=1S/C24H26FNO11/c1-11-7-20(31)36-17-8-15(5-6-16(11)17)35-24-21(26-19(30)9-25)23(34-14(4)29)22(33-13(3)28)18(37-24)10-32-12(2)27/h5-8,18,21-24H,9-10H2,1-4H3,(H,26,30)/t18-,21-,22-,23-,24-/m1/s1. The number of carbonyl (C=O) groups is 4. The highest BCUT2D eigenvalue weighted by molar-refractivity contribution is 5.81. The minimum Gasteiger partial charge on any atom is -0.463 e. The second kappa shape index (κ2) is 11.8. The van der Waals surface area contributed by atoms with Gasteiger partial charge >= 0.3 is 23.5 Å². The van der Waals surface area contributed by atoms with Crippen molar-refractivity contribution in [2.75, 3.05) is 13.3 Å². The van der Waals surface area contributed by atoms with Crippen LogP contribution in [0.1, 0.15) is 26.3 Å². The first-order valence-electron chi connectivity index (χ1n) is 11.2. The topological polar surface area (TPSA) is 157 Å². The number of nitrogens with one attached hydrogen (secondary N) is 1. The van der Waals surface area contributed by atoms with E-state index in [2.05, 4.69) is 5.32 Å². The fourth-order valence-corrected chi connectivity index (χ4v) is 3.89. The number of ether oxygens (including phenoxy) is 5. The molecule has 2 heterocycles. The zero-order valence-corrected chi connectivity index (χ0v) is 20.5. The zero-order valence-electron chi connectivity index (χ0n) is 20.5. The fraction of sp³-hybridized carbons (Fsp3) is 0.458. The fourth-order valence-electron chi connectivity index (χ4n) is 3.89. The molecule has 13 heteroatoms. The number of hydrogen-bond donors (Lipinski definition) is 1. The van der Waals surface area contributed by atoms with Crippen LogP contribution in [0.3, 0.4) is 0 Å². The average molecular weight is 523 g/mol. The number of alkyl halides is 1. The maximum atomic E-state index is 13.1. The molecule has 200 valence electrons. The molecule has 0 bridgehead atoms. The van der Waals surface area contributed by atoms with Crippen molar-refractivity contribution in [2.45, 2.75) is 58.3 Å². The molecule has 1 aliphatic rings. The Labute approximate surface area is 209 Å². The van der Waals surface area contributed by atoms with Gasteiger partial charge in [-0.2, -0.15) is 0 Å². The van der Waals surface area contributed by atoms with Crippen molar-refractivity contribution in [1.82, 2.24) is 5.32 Å². The Bertz CT molecular complexity index is 1240. The SMILES string of the molecule is CC(=O)OC[C@H]1O[C@@H](Oc2ccc3c(C)cc(=O)oc3c2)[C@H](NC(=O)CF)[C@@H](OC(C)=O)[C@@H]1OC(C)=O. The summed E-state index contributed by atoms with van der Waals surface area (Å²) in [7, 11) is 0. The second-order valence-corrected chi connectivity index (χ2v) is 8.24. The van der Waals surface area contributed by atoms with E-state index in [-0.39, 0.29) is 11.3 Å². The predicted octanol–water partition coefficient (Wildman–Crippen LogP) is 1.09. The van der Waals surface area contributed by atoms with E-state index in [0.717, 1.165) is 20.8 Å². The van der Waals surface area contributed by atoms with Crippen LogP contribution in [0.15, 0.2) is 33.5 Å². The third kappa shape index (κ3) is 7.03. The van der Waals surface area contributed by atoms with Crippen molar-refractivity contribution in [2.24, 2.45) is 0 Å². The number of carbonyl (C=O) groups excluding carboxylic acids is 4. The summed E-state index contributed by atoms with van der Waals surface area (Å²) in [5.41, 5.74) is 0.290. The van der Waals surface area contributed by atoms with Gasteiger partial charge in [0.1, 0.15) is 30.1 Å². The van der Waals surface area contributed by atoms with Gasteiger partial charge in [0.15, 0.2) is 18.9 Å². The summed E-state index contributed by atoms with van der Waals surface area (Å²) in [5, 5.41) is 2.96. The molecule has 1 saturated heterocycles. The molecular formula is C24H26FNO11. The first-order valence-corrected chi connectivity index (χ1v) is 11.2. The Kier molecular flexibility index (Phi) is 8.81. The van der Waals surface area contributed by atoms with E-state index < -0.39 is 73.4 Å². The third-order valence-corrected chi connectivity index (χ3v) is 5.33. The van der Waals surface area contributed by atoms with Crippen molar-refractivity contribution in [3.63, 3.8) is 0 Å². The predicted molar refractivity (Wildman–Crippen MR) is 122 cm³/mol. The van der Waals surface area contributed by atoms with E-state index in [1.165, 1.54) is 18.2 Å². The monoisotopic (exact) mass is 523 g/mol. The van der Waals surface area contributed by atoms with Crippen LogP contribution in [-0.4, -0.2) is 67.7 Å². The highest BCUT2D eigenvalue weighted by Crippen LogP contribution is 2.30. The average Bonchev–Trinajstić information content (AvgIpc) is 2.80. The number of aryl methyl sites for hydroxylation is 1. The van der Waals surface area contributed by atoms with Crippen LogP contribution in [0.25, 0.3) is 11.0 Å². The molecule has 1 aromatic carbocycles. The Morgan fingerprint density at radius 3 is 2.30 bits per heavy atom. The summed E-state index contributed by atoms with van der Waals surface area (Å²) in [4.78, 5) is 59.0. The van der Waals surface area contributed by atoms with Gasteiger partial charge in [-0.1, -0.05) is 0 Å². The van der Waals surface area contributed by atoms with Gasteiger partial charge < -0.3 is 33.4 Å². The summed E-state index contributed by atoms with van der Waals surface area (Å²) in [6.07, 6.45) is -5.44. The van der Waals surface area contributed by atoms with E-state index in [9.17, 15) is 28.4 Å². The van der Waals surface area contributed by atoms with Crippen LogP contribution in [-0.2, 0) is 38.1 Å². The maximum Gasteiger partial charge on any atom is 0.336 e. The molecule has 12 nitrogen and oxygen atoms in total. The number of fused-ring (bicyclic) bond motifs is 1. The molecule has 1 fully saturated rings. The maximum absolute atomic E-state index is 13.1. The number of halogens is 1. The van der Waals surface area contributed by atoms with Crippen LogP contribution < -0.4 is 15.7 Å². The molecule has 1 N–H and O–H groups in total. The molecule has 0 spiro atoms.